The Balaban J connectivity index is 1.25. The molecule has 0 bridgehead atoms. The molecule has 1 unspecified atom stereocenters. The van der Waals surface area contributed by atoms with Crippen LogP contribution >= 0.6 is 11.8 Å². The van der Waals surface area contributed by atoms with Crippen LogP contribution in [-0.4, -0.2) is 31.5 Å². The van der Waals surface area contributed by atoms with E-state index in [1.165, 1.54) is 17.3 Å². The zero-order valence-electron chi connectivity index (χ0n) is 17.2. The summed E-state index contributed by atoms with van der Waals surface area (Å²) in [4.78, 5) is 4.50. The molecular formula is C22H21N5O3S. The van der Waals surface area contributed by atoms with E-state index in [0.29, 0.717) is 35.6 Å². The topological polar surface area (TPSA) is 88.1 Å². The smallest absolute Gasteiger partial charge is 0.237 e. The Labute approximate surface area is 183 Å². The summed E-state index contributed by atoms with van der Waals surface area (Å²) in [6, 6.07) is 15.8. The highest BCUT2D eigenvalue weighted by Gasteiger charge is 2.27. The van der Waals surface area contributed by atoms with Gasteiger partial charge in [0.2, 0.25) is 11.7 Å². The molecular weight excluding hydrogens is 414 g/mol. The normalized spacial score (nSPS) is 15.2. The molecule has 0 radical (unpaired) electrons. The lowest BCUT2D eigenvalue weighted by atomic mass is 10.1. The standard InChI is InChI=1S/C22H21N5O3S/c1-3-14-8-10-15(11-9-14)20-23-19(30-26-20)13-31-22-25-24-21(27(22)2)18-12-28-16-6-4-5-7-17(16)29-18/h4-11,18H,3,12-13H2,1-2H3. The second-order valence-electron chi connectivity index (χ2n) is 7.11. The summed E-state index contributed by atoms with van der Waals surface area (Å²) in [7, 11) is 1.91. The van der Waals surface area contributed by atoms with Crippen molar-refractivity contribution in [2.75, 3.05) is 6.61 Å². The molecule has 0 N–H and O–H groups in total. The lowest BCUT2D eigenvalue weighted by Gasteiger charge is -2.25. The number of thioether (sulfide) groups is 1. The van der Waals surface area contributed by atoms with Crippen LogP contribution in [0, 0.1) is 0 Å². The number of hydrogen-bond donors (Lipinski definition) is 0. The molecule has 0 spiro atoms. The molecule has 31 heavy (non-hydrogen) atoms. The predicted octanol–water partition coefficient (Wildman–Crippen LogP) is 4.23. The summed E-state index contributed by atoms with van der Waals surface area (Å²) in [5.74, 6) is 3.78. The van der Waals surface area contributed by atoms with Crippen molar-refractivity contribution in [1.29, 1.82) is 0 Å². The molecule has 0 saturated carbocycles. The molecule has 2 aromatic carbocycles. The average molecular weight is 436 g/mol. The van der Waals surface area contributed by atoms with E-state index in [9.17, 15) is 0 Å². The molecule has 1 aliphatic rings. The zero-order chi connectivity index (χ0) is 21.2. The van der Waals surface area contributed by atoms with Gasteiger partial charge < -0.3 is 18.6 Å². The molecule has 0 fully saturated rings. The van der Waals surface area contributed by atoms with Crippen molar-refractivity contribution < 1.29 is 14.0 Å². The minimum absolute atomic E-state index is 0.317. The SMILES string of the molecule is CCc1ccc(-c2noc(CSc3nnc(C4COc5ccccc5O4)n3C)n2)cc1. The van der Waals surface area contributed by atoms with Crippen molar-refractivity contribution in [1.82, 2.24) is 24.9 Å². The van der Waals surface area contributed by atoms with Crippen molar-refractivity contribution in [2.24, 2.45) is 7.05 Å². The third kappa shape index (κ3) is 4.00. The van der Waals surface area contributed by atoms with E-state index in [1.807, 2.05) is 48.0 Å². The zero-order valence-corrected chi connectivity index (χ0v) is 18.0. The number of aryl methyl sites for hydroxylation is 1. The van der Waals surface area contributed by atoms with Crippen LogP contribution in [-0.2, 0) is 19.2 Å². The summed E-state index contributed by atoms with van der Waals surface area (Å²) in [5, 5.41) is 13.4. The molecule has 1 aliphatic heterocycles. The second-order valence-corrected chi connectivity index (χ2v) is 8.06. The van der Waals surface area contributed by atoms with Gasteiger partial charge in [-0.2, -0.15) is 4.98 Å². The molecule has 0 aliphatic carbocycles. The van der Waals surface area contributed by atoms with Gasteiger partial charge in [0, 0.05) is 12.6 Å². The minimum Gasteiger partial charge on any atom is -0.485 e. The van der Waals surface area contributed by atoms with Gasteiger partial charge >= 0.3 is 0 Å². The lowest BCUT2D eigenvalue weighted by Crippen LogP contribution is -2.24. The Kier molecular flexibility index (Phi) is 5.33. The van der Waals surface area contributed by atoms with Crippen LogP contribution in [0.3, 0.4) is 0 Å². The maximum absolute atomic E-state index is 6.05. The first-order chi connectivity index (χ1) is 15.2. The quantitative estimate of drug-likeness (QED) is 0.416. The van der Waals surface area contributed by atoms with Gasteiger partial charge in [-0.25, -0.2) is 0 Å². The molecule has 158 valence electrons. The number of hydrogen-bond acceptors (Lipinski definition) is 8. The number of benzene rings is 2. The number of ether oxygens (including phenoxy) is 2. The Morgan fingerprint density at radius 2 is 1.87 bits per heavy atom. The van der Waals surface area contributed by atoms with E-state index in [0.717, 1.165) is 22.9 Å². The van der Waals surface area contributed by atoms with E-state index < -0.39 is 0 Å². The third-order valence-corrected chi connectivity index (χ3v) is 6.08. The van der Waals surface area contributed by atoms with Gasteiger partial charge in [-0.3, -0.25) is 0 Å². The highest BCUT2D eigenvalue weighted by molar-refractivity contribution is 7.98. The maximum atomic E-state index is 6.05. The fourth-order valence-corrected chi connectivity index (χ4v) is 4.08. The van der Waals surface area contributed by atoms with Gasteiger partial charge in [-0.15, -0.1) is 10.2 Å². The number of para-hydroxylation sites is 2. The van der Waals surface area contributed by atoms with Crippen LogP contribution in [0.1, 0.15) is 30.3 Å². The van der Waals surface area contributed by atoms with Crippen LogP contribution in [0.2, 0.25) is 0 Å². The summed E-state index contributed by atoms with van der Waals surface area (Å²) in [6.45, 7) is 2.51. The number of nitrogens with zero attached hydrogens (tertiary/aromatic N) is 5. The minimum atomic E-state index is -0.317. The Morgan fingerprint density at radius 1 is 1.06 bits per heavy atom. The van der Waals surface area contributed by atoms with Crippen molar-refractivity contribution in [3.8, 4) is 22.9 Å². The largest absolute Gasteiger partial charge is 0.485 e. The predicted molar refractivity (Wildman–Crippen MR) is 115 cm³/mol. The van der Waals surface area contributed by atoms with E-state index in [2.05, 4.69) is 39.4 Å². The fraction of sp³-hybridized carbons (Fsp3) is 0.273. The third-order valence-electron chi connectivity index (χ3n) is 5.08. The van der Waals surface area contributed by atoms with Crippen molar-refractivity contribution in [3.63, 3.8) is 0 Å². The van der Waals surface area contributed by atoms with Crippen LogP contribution in [0.25, 0.3) is 11.4 Å². The van der Waals surface area contributed by atoms with E-state index >= 15 is 0 Å². The van der Waals surface area contributed by atoms with Crippen LogP contribution in [0.4, 0.5) is 0 Å². The molecule has 2 aromatic heterocycles. The first-order valence-electron chi connectivity index (χ1n) is 10.0. The summed E-state index contributed by atoms with van der Waals surface area (Å²) < 4.78 is 19.2. The second kappa shape index (κ2) is 8.43. The highest BCUT2D eigenvalue weighted by atomic mass is 32.2. The van der Waals surface area contributed by atoms with E-state index in [4.69, 9.17) is 14.0 Å². The van der Waals surface area contributed by atoms with E-state index in [1.54, 1.807) is 0 Å². The Hall–Kier alpha value is -3.33. The molecule has 0 amide bonds. The van der Waals surface area contributed by atoms with E-state index in [-0.39, 0.29) is 6.10 Å². The molecule has 1 atom stereocenters. The first-order valence-corrected chi connectivity index (χ1v) is 11.0. The first kappa shape index (κ1) is 19.6. The van der Waals surface area contributed by atoms with Crippen LogP contribution in [0.5, 0.6) is 11.5 Å². The lowest BCUT2D eigenvalue weighted by molar-refractivity contribution is 0.0825. The van der Waals surface area contributed by atoms with Gasteiger partial charge in [0.05, 0.1) is 5.75 Å². The number of fused-ring (bicyclic) bond motifs is 1. The molecule has 3 heterocycles. The molecule has 4 aromatic rings. The van der Waals surface area contributed by atoms with Gasteiger partial charge in [-0.1, -0.05) is 60.2 Å². The van der Waals surface area contributed by atoms with Gasteiger partial charge in [0.1, 0.15) is 6.61 Å². The number of aromatic nitrogens is 5. The Morgan fingerprint density at radius 3 is 2.68 bits per heavy atom. The van der Waals surface area contributed by atoms with Crippen molar-refractivity contribution in [3.05, 3.63) is 65.8 Å². The van der Waals surface area contributed by atoms with Gasteiger partial charge in [-0.05, 0) is 24.1 Å². The molecule has 8 nitrogen and oxygen atoms in total. The maximum Gasteiger partial charge on any atom is 0.237 e. The Bertz CT molecular complexity index is 1190. The summed E-state index contributed by atoms with van der Waals surface area (Å²) >= 11 is 1.48. The summed E-state index contributed by atoms with van der Waals surface area (Å²) in [5.41, 5.74) is 2.21. The average Bonchev–Trinajstić information content (AvgIpc) is 3.44. The number of rotatable bonds is 6. The monoisotopic (exact) mass is 435 g/mol. The van der Waals surface area contributed by atoms with Crippen molar-refractivity contribution in [2.45, 2.75) is 30.4 Å². The summed E-state index contributed by atoms with van der Waals surface area (Å²) in [6.07, 6.45) is 0.682. The molecule has 5 rings (SSSR count). The van der Waals surface area contributed by atoms with Gasteiger partial charge in [0.15, 0.2) is 28.6 Å². The van der Waals surface area contributed by atoms with Gasteiger partial charge in [0.25, 0.3) is 0 Å². The highest BCUT2D eigenvalue weighted by Crippen LogP contribution is 2.36. The van der Waals surface area contributed by atoms with Crippen LogP contribution < -0.4 is 9.47 Å². The molecule has 9 heteroatoms. The van der Waals surface area contributed by atoms with Crippen LogP contribution in [0.15, 0.2) is 58.2 Å². The fourth-order valence-electron chi connectivity index (χ4n) is 3.33. The molecule has 0 saturated heterocycles. The van der Waals surface area contributed by atoms with Crippen molar-refractivity contribution >= 4 is 11.8 Å².